The number of halogens is 1. The Hall–Kier alpha value is 0.833. The van der Waals surface area contributed by atoms with Crippen molar-refractivity contribution in [2.75, 3.05) is 4.71 Å². The minimum atomic E-state index is -0.137. The van der Waals surface area contributed by atoms with Crippen molar-refractivity contribution in [2.45, 2.75) is 12.2 Å². The summed E-state index contributed by atoms with van der Waals surface area (Å²) in [6.45, 7) is 2.21. The summed E-state index contributed by atoms with van der Waals surface area (Å²) in [6, 6.07) is 0. The second kappa shape index (κ2) is 4.83. The number of alkyl halides is 1. The quantitative estimate of drug-likeness (QED) is 0.406. The van der Waals surface area contributed by atoms with Crippen molar-refractivity contribution in [2.24, 2.45) is 0 Å². The van der Waals surface area contributed by atoms with Crippen LogP contribution in [0.1, 0.15) is 6.92 Å². The molecule has 0 aromatic rings. The molecule has 32 valence electrons. The molecule has 0 nitrogen and oxygen atoms in total. The first-order valence-corrected chi connectivity index (χ1v) is 6.71. The second-order valence-electron chi connectivity index (χ2n) is 1.04. The molecule has 0 heterocycles. The van der Waals surface area contributed by atoms with Crippen LogP contribution in [0.25, 0.3) is 0 Å². The molecule has 0 rings (SSSR count). The van der Waals surface area contributed by atoms with Crippen molar-refractivity contribution < 1.29 is 0 Å². The number of hydrogen-bond acceptors (Lipinski definition) is 0. The van der Waals surface area contributed by atoms with Crippen LogP contribution in [0.3, 0.4) is 0 Å². The molecule has 0 aliphatic carbocycles. The van der Waals surface area contributed by atoms with Crippen molar-refractivity contribution in [1.29, 1.82) is 0 Å². The minimum absolute atomic E-state index is 0.137. The molecule has 5 heavy (non-hydrogen) atoms. The van der Waals surface area contributed by atoms with Gasteiger partial charge in [0.2, 0.25) is 0 Å². The monoisotopic (exact) mass is 154 g/mol. The maximum absolute atomic E-state index is 5.38. The van der Waals surface area contributed by atoms with E-state index in [9.17, 15) is 0 Å². The van der Waals surface area contributed by atoms with E-state index in [2.05, 4.69) is 6.92 Å². The van der Waals surface area contributed by atoms with Crippen molar-refractivity contribution in [1.82, 2.24) is 0 Å². The van der Waals surface area contributed by atoms with E-state index in [0.717, 1.165) is 4.71 Å². The maximum atomic E-state index is 5.38. The predicted octanol–water partition coefficient (Wildman–Crippen LogP) is 0.790. The van der Waals surface area contributed by atoms with Crippen LogP contribution in [-0.2, 0) is 0 Å². The van der Waals surface area contributed by atoms with E-state index in [1.54, 1.807) is 0 Å². The van der Waals surface area contributed by atoms with Crippen LogP contribution in [0.2, 0.25) is 5.25 Å². The first-order valence-electron chi connectivity index (χ1n) is 1.97. The van der Waals surface area contributed by atoms with E-state index in [1.807, 2.05) is 0 Å². The molecule has 2 heteroatoms. The summed E-state index contributed by atoms with van der Waals surface area (Å²) in [4.78, 5) is 0. The summed E-state index contributed by atoms with van der Waals surface area (Å²) >= 11 is 5.25. The standard InChI is InChI=1S/C3H9ClGe/c1-2-5-3-4/h2-3,5H2,1H3. The molecule has 0 saturated carbocycles. The average molecular weight is 153 g/mol. The van der Waals surface area contributed by atoms with Gasteiger partial charge in [-0.2, -0.15) is 0 Å². The van der Waals surface area contributed by atoms with Crippen LogP contribution < -0.4 is 0 Å². The van der Waals surface area contributed by atoms with Gasteiger partial charge in [-0.05, 0) is 0 Å². The first kappa shape index (κ1) is 5.83. The van der Waals surface area contributed by atoms with E-state index >= 15 is 0 Å². The third kappa shape index (κ3) is 4.83. The Balaban J connectivity index is 2.19. The van der Waals surface area contributed by atoms with Gasteiger partial charge in [-0.15, -0.1) is 0 Å². The van der Waals surface area contributed by atoms with Gasteiger partial charge in [-0.25, -0.2) is 0 Å². The Morgan fingerprint density at radius 2 is 2.40 bits per heavy atom. The van der Waals surface area contributed by atoms with Gasteiger partial charge in [-0.3, -0.25) is 0 Å². The van der Waals surface area contributed by atoms with Gasteiger partial charge in [0, 0.05) is 0 Å². The molecule has 0 aromatic heterocycles. The average Bonchev–Trinajstić information content (AvgIpc) is 1.41. The molecular weight excluding hydrogens is 144 g/mol. The summed E-state index contributed by atoms with van der Waals surface area (Å²) in [5, 5.41) is 1.40. The molecule has 0 spiro atoms. The molecule has 0 radical (unpaired) electrons. The Kier molecular flexibility index (Phi) is 5.64. The fourth-order valence-corrected chi connectivity index (χ4v) is 2.08. The summed E-state index contributed by atoms with van der Waals surface area (Å²) < 4.78 is 1.00. The van der Waals surface area contributed by atoms with Gasteiger partial charge in [0.05, 0.1) is 0 Å². The van der Waals surface area contributed by atoms with Crippen molar-refractivity contribution in [3.8, 4) is 0 Å². The van der Waals surface area contributed by atoms with Crippen molar-refractivity contribution in [3.63, 3.8) is 0 Å². The number of hydrogen-bond donors (Lipinski definition) is 0. The summed E-state index contributed by atoms with van der Waals surface area (Å²) in [7, 11) is 0. The molecular formula is C3H9ClGe. The molecule has 0 unspecified atom stereocenters. The topological polar surface area (TPSA) is 0 Å². The second-order valence-corrected chi connectivity index (χ2v) is 7.38. The molecule has 0 atom stereocenters. The Morgan fingerprint density at radius 1 is 1.80 bits per heavy atom. The van der Waals surface area contributed by atoms with E-state index in [0.29, 0.717) is 0 Å². The van der Waals surface area contributed by atoms with Gasteiger partial charge in [-0.1, -0.05) is 0 Å². The van der Waals surface area contributed by atoms with Crippen molar-refractivity contribution >= 4 is 27.0 Å². The Labute approximate surface area is 44.4 Å². The fraction of sp³-hybridized carbons (Fsp3) is 1.00. The molecule has 0 aliphatic heterocycles. The van der Waals surface area contributed by atoms with Gasteiger partial charge < -0.3 is 0 Å². The zero-order valence-corrected chi connectivity index (χ0v) is 7.22. The van der Waals surface area contributed by atoms with Gasteiger partial charge in [0.25, 0.3) is 0 Å². The molecule has 0 aliphatic rings. The fourth-order valence-electron chi connectivity index (χ4n) is 0.134. The zero-order valence-electron chi connectivity index (χ0n) is 3.50. The Morgan fingerprint density at radius 3 is 2.40 bits per heavy atom. The molecule has 0 saturated heterocycles. The van der Waals surface area contributed by atoms with Crippen LogP contribution >= 0.6 is 11.6 Å². The van der Waals surface area contributed by atoms with Gasteiger partial charge >= 0.3 is 43.9 Å². The molecule has 0 bridgehead atoms. The summed E-state index contributed by atoms with van der Waals surface area (Å²) in [6.07, 6.45) is 0. The van der Waals surface area contributed by atoms with Crippen LogP contribution in [0.15, 0.2) is 0 Å². The molecule has 0 N–H and O–H groups in total. The SMILES string of the molecule is C[CH2][GeH2][CH2]Cl. The molecule has 0 amide bonds. The third-order valence-electron chi connectivity index (χ3n) is 0.487. The molecule has 0 aromatic carbocycles. The van der Waals surface area contributed by atoms with Crippen LogP contribution in [0.4, 0.5) is 0 Å². The van der Waals surface area contributed by atoms with Gasteiger partial charge in [0.1, 0.15) is 0 Å². The summed E-state index contributed by atoms with van der Waals surface area (Å²) in [5.74, 6) is 0. The third-order valence-corrected chi connectivity index (χ3v) is 3.92. The number of rotatable bonds is 2. The van der Waals surface area contributed by atoms with E-state index in [-0.39, 0.29) is 15.4 Å². The van der Waals surface area contributed by atoms with Crippen LogP contribution in [-0.4, -0.2) is 20.1 Å². The van der Waals surface area contributed by atoms with E-state index in [4.69, 9.17) is 11.6 Å². The summed E-state index contributed by atoms with van der Waals surface area (Å²) in [5.41, 5.74) is 0. The van der Waals surface area contributed by atoms with Crippen LogP contribution in [0, 0.1) is 0 Å². The van der Waals surface area contributed by atoms with E-state index in [1.165, 1.54) is 5.25 Å². The zero-order chi connectivity index (χ0) is 4.12. The van der Waals surface area contributed by atoms with Gasteiger partial charge in [0.15, 0.2) is 0 Å². The Bertz CT molecular complexity index is 14.4. The van der Waals surface area contributed by atoms with Crippen molar-refractivity contribution in [3.05, 3.63) is 0 Å². The normalized spacial score (nSPS) is 10.8. The first-order chi connectivity index (χ1) is 2.41. The van der Waals surface area contributed by atoms with E-state index < -0.39 is 0 Å². The molecule has 0 fully saturated rings. The predicted molar refractivity (Wildman–Crippen MR) is 29.7 cm³/mol. The van der Waals surface area contributed by atoms with Crippen LogP contribution in [0.5, 0.6) is 0 Å².